The summed E-state index contributed by atoms with van der Waals surface area (Å²) in [6.07, 6.45) is 4.43. The predicted octanol–water partition coefficient (Wildman–Crippen LogP) is 3.19. The van der Waals surface area contributed by atoms with E-state index in [2.05, 4.69) is 14.5 Å². The number of nitrogens with zero attached hydrogens (tertiary/aromatic N) is 2. The maximum absolute atomic E-state index is 13.3. The number of fused-ring (bicyclic) bond motifs is 1. The van der Waals surface area contributed by atoms with Crippen molar-refractivity contribution in [2.75, 3.05) is 45.2 Å². The fourth-order valence-electron chi connectivity index (χ4n) is 4.43. The first kappa shape index (κ1) is 21.2. The lowest BCUT2D eigenvalue weighted by Gasteiger charge is -2.28. The van der Waals surface area contributed by atoms with Gasteiger partial charge in [-0.2, -0.15) is 0 Å². The molecule has 1 saturated heterocycles. The molecule has 0 amide bonds. The van der Waals surface area contributed by atoms with E-state index in [0.29, 0.717) is 11.4 Å². The fourth-order valence-corrected chi connectivity index (χ4v) is 5.67. The molecule has 2 aliphatic rings. The Bertz CT molecular complexity index is 970. The highest BCUT2D eigenvalue weighted by Crippen LogP contribution is 2.30. The van der Waals surface area contributed by atoms with Crippen LogP contribution in [0.3, 0.4) is 0 Å². The van der Waals surface area contributed by atoms with Gasteiger partial charge in [0.2, 0.25) is 10.0 Å². The van der Waals surface area contributed by atoms with Crippen LogP contribution < -0.4 is 14.4 Å². The summed E-state index contributed by atoms with van der Waals surface area (Å²) in [5.41, 5.74) is 3.18. The van der Waals surface area contributed by atoms with Crippen LogP contribution >= 0.6 is 0 Å². The average Bonchev–Trinajstić information content (AvgIpc) is 3.26. The summed E-state index contributed by atoms with van der Waals surface area (Å²) >= 11 is 0. The summed E-state index contributed by atoms with van der Waals surface area (Å²) < 4.78 is 34.9. The number of nitrogens with one attached hydrogen (secondary N) is 1. The van der Waals surface area contributed by atoms with Gasteiger partial charge in [0.25, 0.3) is 0 Å². The number of hydrogen-bond donors (Lipinski definition) is 1. The minimum Gasteiger partial charge on any atom is -0.497 e. The second kappa shape index (κ2) is 8.96. The summed E-state index contributed by atoms with van der Waals surface area (Å²) in [4.78, 5) is 4.80. The predicted molar refractivity (Wildman–Crippen MR) is 120 cm³/mol. The average molecular weight is 430 g/mol. The molecular weight excluding hydrogens is 398 g/mol. The summed E-state index contributed by atoms with van der Waals surface area (Å²) in [5, 5.41) is 0. The van der Waals surface area contributed by atoms with Gasteiger partial charge in [-0.15, -0.1) is 0 Å². The number of methoxy groups -OCH3 is 1. The first-order valence-electron chi connectivity index (χ1n) is 10.7. The zero-order valence-electron chi connectivity index (χ0n) is 17.8. The molecule has 0 aliphatic carbocycles. The van der Waals surface area contributed by atoms with Crippen LogP contribution in [0.5, 0.6) is 5.75 Å². The molecule has 0 spiro atoms. The molecule has 0 radical (unpaired) electrons. The van der Waals surface area contributed by atoms with E-state index in [0.717, 1.165) is 49.5 Å². The Labute approximate surface area is 179 Å². The molecule has 2 aliphatic heterocycles. The van der Waals surface area contributed by atoms with Gasteiger partial charge in [0.15, 0.2) is 0 Å². The van der Waals surface area contributed by atoms with E-state index in [4.69, 9.17) is 4.74 Å². The molecular formula is C23H31N3O3S. The summed E-state index contributed by atoms with van der Waals surface area (Å²) in [5.74, 6) is 0.763. The third kappa shape index (κ3) is 4.63. The molecule has 1 atom stereocenters. The number of aryl methyl sites for hydroxylation is 1. The van der Waals surface area contributed by atoms with Crippen molar-refractivity contribution in [3.8, 4) is 5.75 Å². The van der Waals surface area contributed by atoms with E-state index < -0.39 is 10.0 Å². The van der Waals surface area contributed by atoms with E-state index >= 15 is 0 Å². The molecule has 1 N–H and O–H groups in total. The van der Waals surface area contributed by atoms with E-state index in [1.54, 1.807) is 13.2 Å². The molecule has 0 saturated carbocycles. The molecule has 2 heterocycles. The van der Waals surface area contributed by atoms with Crippen molar-refractivity contribution in [1.29, 1.82) is 0 Å². The fraction of sp³-hybridized carbons (Fsp3) is 0.478. The molecule has 30 heavy (non-hydrogen) atoms. The van der Waals surface area contributed by atoms with Crippen LogP contribution in [0.25, 0.3) is 0 Å². The van der Waals surface area contributed by atoms with Crippen LogP contribution in [-0.2, 0) is 16.4 Å². The van der Waals surface area contributed by atoms with E-state index in [1.807, 2.05) is 43.4 Å². The van der Waals surface area contributed by atoms with Crippen molar-refractivity contribution in [1.82, 2.24) is 9.62 Å². The molecule has 0 unspecified atom stereocenters. The van der Waals surface area contributed by atoms with Crippen molar-refractivity contribution < 1.29 is 13.2 Å². The van der Waals surface area contributed by atoms with Gasteiger partial charge in [-0.25, -0.2) is 13.1 Å². The Kier molecular flexibility index (Phi) is 6.32. The number of likely N-dealkylation sites (tertiary alicyclic amines) is 1. The third-order valence-corrected chi connectivity index (χ3v) is 7.64. The first-order valence-corrected chi connectivity index (χ1v) is 12.2. The number of benzene rings is 2. The molecule has 2 aromatic carbocycles. The second-order valence-electron chi connectivity index (χ2n) is 8.27. The van der Waals surface area contributed by atoms with Crippen molar-refractivity contribution in [3.63, 3.8) is 0 Å². The Morgan fingerprint density at radius 1 is 1.03 bits per heavy atom. The van der Waals surface area contributed by atoms with Crippen molar-refractivity contribution >= 4 is 15.7 Å². The third-order valence-electron chi connectivity index (χ3n) is 6.17. The van der Waals surface area contributed by atoms with E-state index in [-0.39, 0.29) is 6.04 Å². The van der Waals surface area contributed by atoms with Gasteiger partial charge < -0.3 is 14.5 Å². The summed E-state index contributed by atoms with van der Waals surface area (Å²) in [7, 11) is -0.00182. The molecule has 0 aromatic heterocycles. The lowest BCUT2D eigenvalue weighted by molar-refractivity contribution is 0.307. The second-order valence-corrected chi connectivity index (χ2v) is 9.98. The molecule has 162 valence electrons. The molecule has 0 bridgehead atoms. The van der Waals surface area contributed by atoms with Crippen molar-refractivity contribution in [2.45, 2.75) is 36.6 Å². The largest absolute Gasteiger partial charge is 0.497 e. The maximum Gasteiger partial charge on any atom is 0.241 e. The topological polar surface area (TPSA) is 61.9 Å². The van der Waals surface area contributed by atoms with Gasteiger partial charge >= 0.3 is 0 Å². The smallest absolute Gasteiger partial charge is 0.241 e. The quantitative estimate of drug-likeness (QED) is 0.732. The highest BCUT2D eigenvalue weighted by molar-refractivity contribution is 7.89. The van der Waals surface area contributed by atoms with Gasteiger partial charge in [-0.1, -0.05) is 18.2 Å². The highest BCUT2D eigenvalue weighted by Gasteiger charge is 2.26. The van der Waals surface area contributed by atoms with Gasteiger partial charge in [-0.3, -0.25) is 0 Å². The molecule has 6 nitrogen and oxygen atoms in total. The van der Waals surface area contributed by atoms with Gasteiger partial charge in [-0.05, 0) is 74.2 Å². The van der Waals surface area contributed by atoms with Gasteiger partial charge in [0, 0.05) is 25.8 Å². The number of ether oxygens (including phenoxy) is 1. The molecule has 2 aromatic rings. The van der Waals surface area contributed by atoms with Crippen LogP contribution in [0.4, 0.5) is 5.69 Å². The van der Waals surface area contributed by atoms with Crippen LogP contribution in [0.15, 0.2) is 47.4 Å². The zero-order chi connectivity index (χ0) is 21.1. The highest BCUT2D eigenvalue weighted by atomic mass is 32.2. The van der Waals surface area contributed by atoms with Crippen LogP contribution in [0, 0.1) is 0 Å². The summed E-state index contributed by atoms with van der Waals surface area (Å²) in [6.45, 7) is 3.64. The lowest BCUT2D eigenvalue weighted by atomic mass is 10.0. The number of anilines is 1. The molecule has 1 fully saturated rings. The Morgan fingerprint density at radius 3 is 2.47 bits per heavy atom. The standard InChI is InChI=1S/C23H31N3O3S/c1-25-13-5-6-19-9-12-21(16-23(19)25)30(27,28)24-22(17-26-14-3-4-15-26)18-7-10-20(29-2)11-8-18/h7-12,16,22,24H,3-6,13-15,17H2,1-2H3/t22-/m0/s1. The van der Waals surface area contributed by atoms with Gasteiger partial charge in [0.1, 0.15) is 5.75 Å². The van der Waals surface area contributed by atoms with Crippen LogP contribution in [0.2, 0.25) is 0 Å². The van der Waals surface area contributed by atoms with Crippen molar-refractivity contribution in [2.24, 2.45) is 0 Å². The Balaban J connectivity index is 1.61. The normalized spacial score (nSPS) is 18.3. The Hall–Kier alpha value is -2.09. The molecule has 7 heteroatoms. The minimum absolute atomic E-state index is 0.312. The lowest BCUT2D eigenvalue weighted by Crippen LogP contribution is -2.37. The number of sulfonamides is 1. The molecule has 4 rings (SSSR count). The van der Waals surface area contributed by atoms with E-state index in [1.165, 1.54) is 18.4 Å². The number of hydrogen-bond acceptors (Lipinski definition) is 5. The Morgan fingerprint density at radius 2 is 1.77 bits per heavy atom. The maximum atomic E-state index is 13.3. The number of rotatable bonds is 7. The van der Waals surface area contributed by atoms with Gasteiger partial charge in [0.05, 0.1) is 18.0 Å². The first-order chi connectivity index (χ1) is 14.5. The van der Waals surface area contributed by atoms with Crippen molar-refractivity contribution in [3.05, 3.63) is 53.6 Å². The minimum atomic E-state index is -3.66. The zero-order valence-corrected chi connectivity index (χ0v) is 18.6. The monoisotopic (exact) mass is 429 g/mol. The summed E-state index contributed by atoms with van der Waals surface area (Å²) in [6, 6.07) is 12.9. The van der Waals surface area contributed by atoms with E-state index in [9.17, 15) is 8.42 Å². The van der Waals surface area contributed by atoms with Crippen LogP contribution in [0.1, 0.15) is 36.4 Å². The SMILES string of the molecule is COc1ccc([C@H](CN2CCCC2)NS(=O)(=O)c2ccc3c(c2)N(C)CCC3)cc1. The van der Waals surface area contributed by atoms with Crippen LogP contribution in [-0.4, -0.2) is 53.7 Å².